The van der Waals surface area contributed by atoms with Crippen molar-refractivity contribution in [2.45, 2.75) is 20.3 Å². The maximum absolute atomic E-state index is 11.7. The first kappa shape index (κ1) is 15.4. The summed E-state index contributed by atoms with van der Waals surface area (Å²) < 4.78 is 0. The van der Waals surface area contributed by atoms with Crippen molar-refractivity contribution in [3.63, 3.8) is 0 Å². The minimum atomic E-state index is -0.387. The molecule has 1 aromatic rings. The number of amides is 2. The van der Waals surface area contributed by atoms with Crippen LogP contribution >= 0.6 is 11.6 Å². The Morgan fingerprint density at radius 3 is 2.58 bits per heavy atom. The summed E-state index contributed by atoms with van der Waals surface area (Å²) in [5.41, 5.74) is 0.141. The van der Waals surface area contributed by atoms with Gasteiger partial charge in [-0.25, -0.2) is 4.98 Å². The minimum absolute atomic E-state index is 0.0162. The number of carbonyl (C=O) groups is 2. The third-order valence-electron chi connectivity index (χ3n) is 2.58. The summed E-state index contributed by atoms with van der Waals surface area (Å²) in [6, 6.07) is 0. The highest BCUT2D eigenvalue weighted by atomic mass is 35.5. The Labute approximate surface area is 117 Å². The summed E-state index contributed by atoms with van der Waals surface area (Å²) >= 11 is 5.64. The van der Waals surface area contributed by atoms with Gasteiger partial charge in [0.2, 0.25) is 5.91 Å². The van der Waals surface area contributed by atoms with Crippen LogP contribution in [-0.4, -0.2) is 46.3 Å². The highest BCUT2D eigenvalue weighted by Crippen LogP contribution is 2.02. The summed E-state index contributed by atoms with van der Waals surface area (Å²) in [6.45, 7) is 5.44. The third-order valence-corrected chi connectivity index (χ3v) is 2.76. The standard InChI is InChI=1S/C12H17ClN4O2/c1-3-17(4-2)11(18)5-6-15-12(19)9-7-14-8-10(13)16-9/h7-8H,3-6H2,1-2H3,(H,15,19). The molecule has 6 nitrogen and oxygen atoms in total. The molecule has 7 heteroatoms. The van der Waals surface area contributed by atoms with E-state index in [2.05, 4.69) is 15.3 Å². The molecule has 0 bridgehead atoms. The van der Waals surface area contributed by atoms with E-state index < -0.39 is 0 Å². The SMILES string of the molecule is CCN(CC)C(=O)CCNC(=O)c1cncc(Cl)n1. The number of nitrogens with zero attached hydrogens (tertiary/aromatic N) is 3. The van der Waals surface area contributed by atoms with Crippen molar-refractivity contribution in [1.82, 2.24) is 20.2 Å². The zero-order chi connectivity index (χ0) is 14.3. The Kier molecular flexibility index (Phi) is 6.21. The average molecular weight is 285 g/mol. The van der Waals surface area contributed by atoms with Gasteiger partial charge in [0.25, 0.3) is 5.91 Å². The molecule has 2 amide bonds. The number of halogens is 1. The molecule has 0 aliphatic carbocycles. The highest BCUT2D eigenvalue weighted by molar-refractivity contribution is 6.29. The van der Waals surface area contributed by atoms with Crippen molar-refractivity contribution in [1.29, 1.82) is 0 Å². The lowest BCUT2D eigenvalue weighted by Gasteiger charge is -2.18. The molecule has 104 valence electrons. The van der Waals surface area contributed by atoms with E-state index in [0.717, 1.165) is 0 Å². The van der Waals surface area contributed by atoms with Crippen LogP contribution in [0, 0.1) is 0 Å². The Balaban J connectivity index is 2.41. The van der Waals surface area contributed by atoms with E-state index in [1.165, 1.54) is 12.4 Å². The van der Waals surface area contributed by atoms with E-state index in [4.69, 9.17) is 11.6 Å². The first-order chi connectivity index (χ1) is 9.08. The molecule has 1 rings (SSSR count). The van der Waals surface area contributed by atoms with Crippen LogP contribution in [0.15, 0.2) is 12.4 Å². The smallest absolute Gasteiger partial charge is 0.271 e. The van der Waals surface area contributed by atoms with Gasteiger partial charge < -0.3 is 10.2 Å². The molecule has 1 heterocycles. The zero-order valence-electron chi connectivity index (χ0n) is 11.0. The van der Waals surface area contributed by atoms with Crippen molar-refractivity contribution < 1.29 is 9.59 Å². The van der Waals surface area contributed by atoms with E-state index in [1.54, 1.807) is 4.90 Å². The predicted molar refractivity (Wildman–Crippen MR) is 71.9 cm³/mol. The Morgan fingerprint density at radius 1 is 1.32 bits per heavy atom. The maximum atomic E-state index is 11.7. The Morgan fingerprint density at radius 2 is 2.00 bits per heavy atom. The van der Waals surface area contributed by atoms with Crippen LogP contribution in [0.3, 0.4) is 0 Å². The second-order valence-corrected chi connectivity index (χ2v) is 4.19. The first-order valence-electron chi connectivity index (χ1n) is 6.12. The van der Waals surface area contributed by atoms with Gasteiger partial charge in [0.1, 0.15) is 10.8 Å². The molecule has 1 aromatic heterocycles. The fourth-order valence-corrected chi connectivity index (χ4v) is 1.71. The van der Waals surface area contributed by atoms with Gasteiger partial charge in [-0.2, -0.15) is 0 Å². The summed E-state index contributed by atoms with van der Waals surface area (Å²) in [7, 11) is 0. The molecule has 0 atom stereocenters. The Hall–Kier alpha value is -1.69. The lowest BCUT2D eigenvalue weighted by molar-refractivity contribution is -0.130. The fraction of sp³-hybridized carbons (Fsp3) is 0.500. The molecule has 1 N–H and O–H groups in total. The fourth-order valence-electron chi connectivity index (χ4n) is 1.56. The van der Waals surface area contributed by atoms with Gasteiger partial charge >= 0.3 is 0 Å². The lowest BCUT2D eigenvalue weighted by Crippen LogP contribution is -2.34. The molecule has 0 aliphatic heterocycles. The van der Waals surface area contributed by atoms with Crippen molar-refractivity contribution in [3.05, 3.63) is 23.2 Å². The van der Waals surface area contributed by atoms with Crippen LogP contribution in [-0.2, 0) is 4.79 Å². The van der Waals surface area contributed by atoms with Crippen molar-refractivity contribution in [3.8, 4) is 0 Å². The summed E-state index contributed by atoms with van der Waals surface area (Å²) in [5.74, 6) is -0.371. The molecular weight excluding hydrogens is 268 g/mol. The van der Waals surface area contributed by atoms with Crippen LogP contribution in [0.2, 0.25) is 5.15 Å². The number of hydrogen-bond acceptors (Lipinski definition) is 4. The van der Waals surface area contributed by atoms with Crippen LogP contribution in [0.1, 0.15) is 30.8 Å². The van der Waals surface area contributed by atoms with Gasteiger partial charge in [0.15, 0.2) is 0 Å². The van der Waals surface area contributed by atoms with E-state index in [9.17, 15) is 9.59 Å². The maximum Gasteiger partial charge on any atom is 0.271 e. The topological polar surface area (TPSA) is 75.2 Å². The normalized spacial score (nSPS) is 10.1. The minimum Gasteiger partial charge on any atom is -0.350 e. The number of nitrogens with one attached hydrogen (secondary N) is 1. The largest absolute Gasteiger partial charge is 0.350 e. The first-order valence-corrected chi connectivity index (χ1v) is 6.49. The molecule has 0 unspecified atom stereocenters. The van der Waals surface area contributed by atoms with Crippen molar-refractivity contribution >= 4 is 23.4 Å². The van der Waals surface area contributed by atoms with Gasteiger partial charge in [-0.05, 0) is 13.8 Å². The van der Waals surface area contributed by atoms with Gasteiger partial charge in [-0.1, -0.05) is 11.6 Å². The molecule has 0 fully saturated rings. The monoisotopic (exact) mass is 284 g/mol. The molecule has 0 aliphatic rings. The summed E-state index contributed by atoms with van der Waals surface area (Å²) in [4.78, 5) is 32.7. The van der Waals surface area contributed by atoms with Crippen LogP contribution in [0.5, 0.6) is 0 Å². The molecule has 19 heavy (non-hydrogen) atoms. The number of carbonyl (C=O) groups excluding carboxylic acids is 2. The van der Waals surface area contributed by atoms with E-state index in [1.807, 2.05) is 13.8 Å². The van der Waals surface area contributed by atoms with Gasteiger partial charge in [-0.15, -0.1) is 0 Å². The van der Waals surface area contributed by atoms with E-state index >= 15 is 0 Å². The summed E-state index contributed by atoms with van der Waals surface area (Å²) in [6.07, 6.45) is 2.94. The van der Waals surface area contributed by atoms with Crippen molar-refractivity contribution in [2.24, 2.45) is 0 Å². The summed E-state index contributed by atoms with van der Waals surface area (Å²) in [5, 5.41) is 2.77. The van der Waals surface area contributed by atoms with E-state index in [0.29, 0.717) is 13.1 Å². The second kappa shape index (κ2) is 7.68. The zero-order valence-corrected chi connectivity index (χ0v) is 11.8. The molecular formula is C12H17ClN4O2. The molecule has 0 aromatic carbocycles. The van der Waals surface area contributed by atoms with E-state index in [-0.39, 0.29) is 35.6 Å². The predicted octanol–water partition coefficient (Wildman–Crippen LogP) is 1.12. The molecule has 0 saturated heterocycles. The highest BCUT2D eigenvalue weighted by Gasteiger charge is 2.11. The average Bonchev–Trinajstić information content (AvgIpc) is 2.40. The number of aromatic nitrogens is 2. The third kappa shape index (κ3) is 4.82. The number of rotatable bonds is 6. The van der Waals surface area contributed by atoms with Crippen LogP contribution < -0.4 is 5.32 Å². The van der Waals surface area contributed by atoms with Crippen LogP contribution in [0.25, 0.3) is 0 Å². The molecule has 0 spiro atoms. The Bertz CT molecular complexity index is 449. The number of hydrogen-bond donors (Lipinski definition) is 1. The van der Waals surface area contributed by atoms with Crippen LogP contribution in [0.4, 0.5) is 0 Å². The lowest BCUT2D eigenvalue weighted by atomic mass is 10.3. The van der Waals surface area contributed by atoms with Gasteiger partial charge in [0, 0.05) is 26.1 Å². The van der Waals surface area contributed by atoms with Crippen molar-refractivity contribution in [2.75, 3.05) is 19.6 Å². The van der Waals surface area contributed by atoms with Gasteiger partial charge in [-0.3, -0.25) is 14.6 Å². The molecule has 0 radical (unpaired) electrons. The molecule has 0 saturated carbocycles. The quantitative estimate of drug-likeness (QED) is 0.849. The van der Waals surface area contributed by atoms with Gasteiger partial charge in [0.05, 0.1) is 12.4 Å². The second-order valence-electron chi connectivity index (χ2n) is 3.80.